The van der Waals surface area contributed by atoms with Crippen LogP contribution in [0.5, 0.6) is 0 Å². The van der Waals surface area contributed by atoms with Crippen LogP contribution < -0.4 is 15.4 Å². The molecular weight excluding hydrogens is 396 g/mol. The van der Waals surface area contributed by atoms with Gasteiger partial charge >= 0.3 is 0 Å². The molecule has 1 aliphatic rings. The van der Waals surface area contributed by atoms with E-state index in [0.717, 1.165) is 34.6 Å². The first-order valence-corrected chi connectivity index (χ1v) is 11.4. The van der Waals surface area contributed by atoms with Crippen LogP contribution in [0.2, 0.25) is 0 Å². The van der Waals surface area contributed by atoms with Crippen molar-refractivity contribution in [2.45, 2.75) is 23.8 Å². The van der Waals surface area contributed by atoms with E-state index < -0.39 is 10.0 Å². The maximum absolute atomic E-state index is 12.5. The number of nitrogens with zero attached hydrogens (tertiary/aromatic N) is 1. The number of para-hydroxylation sites is 1. The van der Waals surface area contributed by atoms with E-state index in [0.29, 0.717) is 12.2 Å². The molecule has 2 heterocycles. The number of amides is 1. The van der Waals surface area contributed by atoms with Crippen LogP contribution in [0.25, 0.3) is 10.2 Å². The molecule has 2 atom stereocenters. The molecule has 1 saturated heterocycles. The van der Waals surface area contributed by atoms with E-state index >= 15 is 0 Å². The number of likely N-dealkylation sites (tertiary alicyclic amines) is 1. The summed E-state index contributed by atoms with van der Waals surface area (Å²) in [5.74, 6) is -0.158. The lowest BCUT2D eigenvalue weighted by Crippen LogP contribution is -3.11. The standard InChI is InChI=1S/C19H20N4O3S2/c20-28(25,26)14-6-3-5-13(11-14)21-18(24)12-23-10-4-8-16(23)19-22-15-7-1-2-9-17(15)27-19/h1-3,5-7,9,11,16H,4,8,10,12H2,(H,21,24)(H2,20,25,26)/p+1/t16-/m0/s1. The number of benzene rings is 2. The highest BCUT2D eigenvalue weighted by molar-refractivity contribution is 7.89. The van der Waals surface area contributed by atoms with Crippen LogP contribution in [0.1, 0.15) is 23.9 Å². The highest BCUT2D eigenvalue weighted by atomic mass is 32.2. The third kappa shape index (κ3) is 4.07. The minimum atomic E-state index is -3.80. The smallest absolute Gasteiger partial charge is 0.279 e. The summed E-state index contributed by atoms with van der Waals surface area (Å²) in [6.45, 7) is 1.21. The summed E-state index contributed by atoms with van der Waals surface area (Å²) in [7, 11) is -3.80. The molecule has 9 heteroatoms. The Kier molecular flexibility index (Phi) is 5.15. The van der Waals surface area contributed by atoms with Gasteiger partial charge < -0.3 is 10.2 Å². The number of hydrogen-bond donors (Lipinski definition) is 3. The van der Waals surface area contributed by atoms with E-state index in [-0.39, 0.29) is 16.8 Å². The predicted octanol–water partition coefficient (Wildman–Crippen LogP) is 1.30. The molecule has 1 unspecified atom stereocenters. The van der Waals surface area contributed by atoms with Crippen LogP contribution in [-0.4, -0.2) is 32.4 Å². The zero-order valence-electron chi connectivity index (χ0n) is 15.1. The Hall–Kier alpha value is -2.33. The summed E-state index contributed by atoms with van der Waals surface area (Å²) in [5.41, 5.74) is 1.42. The third-order valence-corrected chi connectivity index (χ3v) is 6.99. The third-order valence-electron chi connectivity index (χ3n) is 4.93. The Balaban J connectivity index is 1.46. The van der Waals surface area contributed by atoms with Gasteiger partial charge in [-0.1, -0.05) is 18.2 Å². The quantitative estimate of drug-likeness (QED) is 0.582. The lowest BCUT2D eigenvalue weighted by atomic mass is 10.2. The van der Waals surface area contributed by atoms with Crippen LogP contribution in [0.3, 0.4) is 0 Å². The number of nitrogens with one attached hydrogen (secondary N) is 2. The van der Waals surface area contributed by atoms with E-state index in [1.807, 2.05) is 18.2 Å². The molecule has 0 radical (unpaired) electrons. The minimum absolute atomic E-state index is 0.0221. The molecule has 7 nitrogen and oxygen atoms in total. The Morgan fingerprint density at radius 1 is 1.25 bits per heavy atom. The van der Waals surface area contributed by atoms with Crippen LogP contribution in [0.4, 0.5) is 5.69 Å². The summed E-state index contributed by atoms with van der Waals surface area (Å²) in [6.07, 6.45) is 2.05. The van der Waals surface area contributed by atoms with Crippen molar-refractivity contribution in [1.82, 2.24) is 4.98 Å². The Morgan fingerprint density at radius 2 is 2.07 bits per heavy atom. The Bertz CT molecular complexity index is 1090. The molecule has 0 aliphatic carbocycles. The van der Waals surface area contributed by atoms with Gasteiger partial charge in [-0.15, -0.1) is 11.3 Å². The zero-order valence-corrected chi connectivity index (χ0v) is 16.7. The fraction of sp³-hybridized carbons (Fsp3) is 0.263. The van der Waals surface area contributed by atoms with Crippen LogP contribution >= 0.6 is 11.3 Å². The van der Waals surface area contributed by atoms with Crippen molar-refractivity contribution >= 4 is 43.2 Å². The maximum atomic E-state index is 12.5. The van der Waals surface area contributed by atoms with Gasteiger partial charge in [0.05, 0.1) is 21.7 Å². The first-order valence-electron chi connectivity index (χ1n) is 9.03. The molecule has 1 aliphatic heterocycles. The number of carbonyl (C=O) groups excluding carboxylic acids is 1. The van der Waals surface area contributed by atoms with E-state index in [1.165, 1.54) is 17.0 Å². The van der Waals surface area contributed by atoms with Gasteiger partial charge in [0.1, 0.15) is 6.04 Å². The van der Waals surface area contributed by atoms with Gasteiger partial charge in [-0.25, -0.2) is 18.5 Å². The van der Waals surface area contributed by atoms with Gasteiger partial charge in [-0.05, 0) is 30.3 Å². The lowest BCUT2D eigenvalue weighted by Gasteiger charge is -2.19. The summed E-state index contributed by atoms with van der Waals surface area (Å²) in [6, 6.07) is 14.3. The molecule has 146 valence electrons. The van der Waals surface area contributed by atoms with Crippen LogP contribution in [0, 0.1) is 0 Å². The number of aromatic nitrogens is 1. The normalized spacial score (nSPS) is 19.8. The van der Waals surface area contributed by atoms with Crippen LogP contribution in [0.15, 0.2) is 53.4 Å². The van der Waals surface area contributed by atoms with E-state index in [4.69, 9.17) is 10.1 Å². The molecule has 2 aromatic carbocycles. The second-order valence-electron chi connectivity index (χ2n) is 6.92. The molecule has 3 aromatic rings. The van der Waals surface area contributed by atoms with Gasteiger partial charge in [0.15, 0.2) is 11.6 Å². The zero-order chi connectivity index (χ0) is 19.7. The van der Waals surface area contributed by atoms with Gasteiger partial charge in [-0.3, -0.25) is 4.79 Å². The lowest BCUT2D eigenvalue weighted by molar-refractivity contribution is -0.910. The second-order valence-corrected chi connectivity index (χ2v) is 9.54. The predicted molar refractivity (Wildman–Crippen MR) is 109 cm³/mol. The average molecular weight is 418 g/mol. The number of rotatable bonds is 5. The SMILES string of the molecule is NS(=O)(=O)c1cccc(NC(=O)C[NH+]2CCC[C@H]2c2nc3ccccc3s2)c1. The number of carbonyl (C=O) groups is 1. The van der Waals surface area contributed by atoms with Crippen molar-refractivity contribution in [3.63, 3.8) is 0 Å². The number of anilines is 1. The van der Waals surface area contributed by atoms with Crippen molar-refractivity contribution in [3.05, 3.63) is 53.5 Å². The molecule has 1 fully saturated rings. The van der Waals surface area contributed by atoms with Crippen molar-refractivity contribution in [1.29, 1.82) is 0 Å². The highest BCUT2D eigenvalue weighted by Crippen LogP contribution is 2.28. The topological polar surface area (TPSA) is 107 Å². The Labute approximate surface area is 167 Å². The first kappa shape index (κ1) is 19.0. The summed E-state index contributed by atoms with van der Waals surface area (Å²) < 4.78 is 24.1. The number of sulfonamides is 1. The summed E-state index contributed by atoms with van der Waals surface area (Å²) >= 11 is 1.69. The van der Waals surface area contributed by atoms with E-state index in [9.17, 15) is 13.2 Å². The molecule has 0 saturated carbocycles. The number of fused-ring (bicyclic) bond motifs is 1. The molecule has 4 N–H and O–H groups in total. The number of nitrogens with two attached hydrogens (primary N) is 1. The summed E-state index contributed by atoms with van der Waals surface area (Å²) in [5, 5.41) is 9.00. The van der Waals surface area contributed by atoms with E-state index in [1.54, 1.807) is 23.5 Å². The van der Waals surface area contributed by atoms with Crippen molar-refractivity contribution in [2.75, 3.05) is 18.4 Å². The number of hydrogen-bond acceptors (Lipinski definition) is 5. The van der Waals surface area contributed by atoms with Gasteiger partial charge in [-0.2, -0.15) is 0 Å². The second kappa shape index (κ2) is 7.59. The fourth-order valence-electron chi connectivity index (χ4n) is 3.62. The molecule has 1 amide bonds. The minimum Gasteiger partial charge on any atom is -0.321 e. The number of quaternary nitrogens is 1. The van der Waals surface area contributed by atoms with Crippen molar-refractivity contribution in [2.24, 2.45) is 5.14 Å². The number of primary sulfonamides is 1. The summed E-state index contributed by atoms with van der Waals surface area (Å²) in [4.78, 5) is 18.5. The van der Waals surface area contributed by atoms with Crippen molar-refractivity contribution < 1.29 is 18.1 Å². The van der Waals surface area contributed by atoms with Gasteiger partial charge in [0.25, 0.3) is 5.91 Å². The van der Waals surface area contributed by atoms with Crippen molar-refractivity contribution in [3.8, 4) is 0 Å². The fourth-order valence-corrected chi connectivity index (χ4v) is 5.34. The molecule has 1 aromatic heterocycles. The van der Waals surface area contributed by atoms with Crippen LogP contribution in [-0.2, 0) is 14.8 Å². The van der Waals surface area contributed by atoms with E-state index in [2.05, 4.69) is 11.4 Å². The molecule has 0 spiro atoms. The molecule has 28 heavy (non-hydrogen) atoms. The maximum Gasteiger partial charge on any atom is 0.279 e. The number of thiazole rings is 1. The molecular formula is C19H21N4O3S2+. The Morgan fingerprint density at radius 3 is 2.86 bits per heavy atom. The largest absolute Gasteiger partial charge is 0.321 e. The molecule has 0 bridgehead atoms. The van der Waals surface area contributed by atoms with Gasteiger partial charge in [0, 0.05) is 18.5 Å². The molecule has 4 rings (SSSR count). The monoisotopic (exact) mass is 417 g/mol. The highest BCUT2D eigenvalue weighted by Gasteiger charge is 2.34. The van der Waals surface area contributed by atoms with Gasteiger partial charge in [0.2, 0.25) is 10.0 Å². The first-order chi connectivity index (χ1) is 13.4. The average Bonchev–Trinajstić information content (AvgIpc) is 3.27.